The number of carbonyl (C=O) groups is 2. The van der Waals surface area contributed by atoms with E-state index in [-0.39, 0.29) is 23.5 Å². The van der Waals surface area contributed by atoms with E-state index >= 15 is 0 Å². The van der Waals surface area contributed by atoms with E-state index in [4.69, 9.17) is 9.47 Å². The molecule has 2 heterocycles. The van der Waals surface area contributed by atoms with Crippen LogP contribution in [0.2, 0.25) is 0 Å². The first-order valence-corrected chi connectivity index (χ1v) is 12.2. The SMILES string of the molecule is COc1cc2nn([C@H]3CC[C@H](NC(=O)OC(C)(C)C)CC3)cc2cc1NC(=O)c1cccc(C(F)(F)F)n1. The Bertz CT molecular complexity index is 1320. The molecule has 1 aliphatic carbocycles. The molecule has 0 atom stereocenters. The average molecular weight is 534 g/mol. The van der Waals surface area contributed by atoms with Crippen molar-refractivity contribution in [3.05, 3.63) is 47.9 Å². The van der Waals surface area contributed by atoms with Gasteiger partial charge in [-0.2, -0.15) is 18.3 Å². The van der Waals surface area contributed by atoms with E-state index in [9.17, 15) is 22.8 Å². The number of alkyl halides is 3. The van der Waals surface area contributed by atoms with Crippen LogP contribution in [-0.4, -0.2) is 45.5 Å². The molecule has 1 aromatic carbocycles. The van der Waals surface area contributed by atoms with Crippen molar-refractivity contribution >= 4 is 28.6 Å². The third kappa shape index (κ3) is 6.53. The number of alkyl carbamates (subject to hydrolysis) is 1. The molecule has 2 N–H and O–H groups in total. The number of hydrogen-bond acceptors (Lipinski definition) is 6. The maximum atomic E-state index is 13.0. The molecule has 0 bridgehead atoms. The molecule has 0 spiro atoms. The quantitative estimate of drug-likeness (QED) is 0.435. The fraction of sp³-hybridized carbons (Fsp3) is 0.462. The zero-order valence-electron chi connectivity index (χ0n) is 21.6. The van der Waals surface area contributed by atoms with Gasteiger partial charge in [0.2, 0.25) is 0 Å². The van der Waals surface area contributed by atoms with Crippen molar-refractivity contribution in [3.63, 3.8) is 0 Å². The highest BCUT2D eigenvalue weighted by Gasteiger charge is 2.33. The van der Waals surface area contributed by atoms with Gasteiger partial charge in [0.1, 0.15) is 22.7 Å². The van der Waals surface area contributed by atoms with Crippen LogP contribution < -0.4 is 15.4 Å². The molecule has 1 saturated carbocycles. The molecule has 38 heavy (non-hydrogen) atoms. The summed E-state index contributed by atoms with van der Waals surface area (Å²) in [6.45, 7) is 5.46. The average Bonchev–Trinajstić information content (AvgIpc) is 3.25. The smallest absolute Gasteiger partial charge is 0.433 e. The van der Waals surface area contributed by atoms with Crippen molar-refractivity contribution in [1.29, 1.82) is 0 Å². The molecule has 1 fully saturated rings. The largest absolute Gasteiger partial charge is 0.494 e. The number of benzene rings is 1. The molecule has 204 valence electrons. The highest BCUT2D eigenvalue weighted by Crippen LogP contribution is 2.34. The van der Waals surface area contributed by atoms with Gasteiger partial charge in [0.25, 0.3) is 5.91 Å². The van der Waals surface area contributed by atoms with E-state index in [0.29, 0.717) is 11.3 Å². The Hall–Kier alpha value is -3.83. The van der Waals surface area contributed by atoms with E-state index < -0.39 is 29.5 Å². The number of rotatable bonds is 5. The number of nitrogens with zero attached hydrogens (tertiary/aromatic N) is 3. The van der Waals surface area contributed by atoms with Gasteiger partial charge in [0.05, 0.1) is 24.4 Å². The van der Waals surface area contributed by atoms with Crippen LogP contribution in [0.1, 0.15) is 68.7 Å². The van der Waals surface area contributed by atoms with Crippen molar-refractivity contribution in [2.45, 2.75) is 70.3 Å². The summed E-state index contributed by atoms with van der Waals surface area (Å²) in [6, 6.07) is 6.62. The van der Waals surface area contributed by atoms with Crippen LogP contribution in [-0.2, 0) is 10.9 Å². The normalized spacial score (nSPS) is 18.2. The first kappa shape index (κ1) is 27.2. The number of fused-ring (bicyclic) bond motifs is 1. The second-order valence-electron chi connectivity index (χ2n) is 10.2. The van der Waals surface area contributed by atoms with Crippen molar-refractivity contribution in [2.75, 3.05) is 12.4 Å². The summed E-state index contributed by atoms with van der Waals surface area (Å²) >= 11 is 0. The minimum absolute atomic E-state index is 0.0254. The molecular weight excluding hydrogens is 503 g/mol. The number of ether oxygens (including phenoxy) is 2. The molecule has 0 unspecified atom stereocenters. The zero-order chi connectivity index (χ0) is 27.7. The molecule has 0 aliphatic heterocycles. The molecule has 0 radical (unpaired) electrons. The van der Waals surface area contributed by atoms with Gasteiger partial charge in [0, 0.05) is 23.7 Å². The fourth-order valence-corrected chi connectivity index (χ4v) is 4.39. The summed E-state index contributed by atoms with van der Waals surface area (Å²) in [5.41, 5.74) is -1.14. The van der Waals surface area contributed by atoms with Gasteiger partial charge in [-0.15, -0.1) is 0 Å². The predicted molar refractivity (Wildman–Crippen MR) is 134 cm³/mol. The molecule has 12 heteroatoms. The van der Waals surface area contributed by atoms with Crippen molar-refractivity contribution in [2.24, 2.45) is 0 Å². The number of methoxy groups -OCH3 is 1. The standard InChI is InChI=1S/C26H30F3N5O4/c1-25(2,3)38-24(36)30-16-8-10-17(11-9-16)34-14-15-12-20(21(37-4)13-19(15)33-34)32-23(35)18-6-5-7-22(31-18)26(27,28)29/h5-7,12-14,16-17H,8-11H2,1-4H3,(H,30,36)(H,32,35)/t16-,17-. The van der Waals surface area contributed by atoms with Gasteiger partial charge in [-0.05, 0) is 64.7 Å². The molecule has 0 saturated heterocycles. The Kier molecular flexibility index (Phi) is 7.52. The summed E-state index contributed by atoms with van der Waals surface area (Å²) in [4.78, 5) is 28.2. The topological polar surface area (TPSA) is 107 Å². The minimum Gasteiger partial charge on any atom is -0.494 e. The highest BCUT2D eigenvalue weighted by atomic mass is 19.4. The summed E-state index contributed by atoms with van der Waals surface area (Å²) in [7, 11) is 1.43. The maximum Gasteiger partial charge on any atom is 0.433 e. The Balaban J connectivity index is 1.46. The van der Waals surface area contributed by atoms with Crippen LogP contribution in [0.5, 0.6) is 5.75 Å². The monoisotopic (exact) mass is 533 g/mol. The van der Waals surface area contributed by atoms with Gasteiger partial charge in [0.15, 0.2) is 0 Å². The van der Waals surface area contributed by atoms with Gasteiger partial charge in [-0.25, -0.2) is 9.78 Å². The number of nitrogens with one attached hydrogen (secondary N) is 2. The summed E-state index contributed by atoms with van der Waals surface area (Å²) in [5, 5.41) is 10.9. The molecule has 1 aliphatic rings. The zero-order valence-corrected chi connectivity index (χ0v) is 21.6. The van der Waals surface area contributed by atoms with E-state index in [0.717, 1.165) is 43.2 Å². The van der Waals surface area contributed by atoms with Gasteiger partial charge < -0.3 is 20.1 Å². The second-order valence-corrected chi connectivity index (χ2v) is 10.2. The fourth-order valence-electron chi connectivity index (χ4n) is 4.39. The number of amides is 2. The maximum absolute atomic E-state index is 13.0. The molecule has 3 aromatic rings. The lowest BCUT2D eigenvalue weighted by Gasteiger charge is -2.30. The van der Waals surface area contributed by atoms with Crippen molar-refractivity contribution in [1.82, 2.24) is 20.1 Å². The lowest BCUT2D eigenvalue weighted by molar-refractivity contribution is -0.141. The molecule has 2 aromatic heterocycles. The van der Waals surface area contributed by atoms with Crippen LogP contribution in [0.4, 0.5) is 23.7 Å². The number of halogens is 3. The van der Waals surface area contributed by atoms with Gasteiger partial charge in [-0.1, -0.05) is 6.07 Å². The van der Waals surface area contributed by atoms with Gasteiger partial charge in [-0.3, -0.25) is 9.48 Å². The van der Waals surface area contributed by atoms with Crippen LogP contribution in [0.25, 0.3) is 10.9 Å². The van der Waals surface area contributed by atoms with E-state index in [2.05, 4.69) is 20.7 Å². The lowest BCUT2D eigenvalue weighted by atomic mass is 9.91. The summed E-state index contributed by atoms with van der Waals surface area (Å²) < 4.78 is 51.6. The highest BCUT2D eigenvalue weighted by molar-refractivity contribution is 6.05. The number of hydrogen-bond donors (Lipinski definition) is 2. The molecule has 4 rings (SSSR count). The number of carbonyl (C=O) groups excluding carboxylic acids is 2. The number of anilines is 1. The molecule has 9 nitrogen and oxygen atoms in total. The van der Waals surface area contributed by atoms with Crippen LogP contribution >= 0.6 is 0 Å². The first-order valence-electron chi connectivity index (χ1n) is 12.2. The molecular formula is C26H30F3N5O4. The predicted octanol–water partition coefficient (Wildman–Crippen LogP) is 5.72. The van der Waals surface area contributed by atoms with Gasteiger partial charge >= 0.3 is 12.3 Å². The number of pyridine rings is 1. The summed E-state index contributed by atoms with van der Waals surface area (Å²) in [5.74, 6) is -0.481. The van der Waals surface area contributed by atoms with Crippen molar-refractivity contribution < 1.29 is 32.2 Å². The lowest BCUT2D eigenvalue weighted by Crippen LogP contribution is -2.41. The minimum atomic E-state index is -4.66. The third-order valence-electron chi connectivity index (χ3n) is 6.16. The van der Waals surface area contributed by atoms with E-state index in [1.54, 1.807) is 12.1 Å². The second kappa shape index (κ2) is 10.5. The van der Waals surface area contributed by atoms with Crippen molar-refractivity contribution in [3.8, 4) is 5.75 Å². The van der Waals surface area contributed by atoms with Crippen LogP contribution in [0.15, 0.2) is 36.5 Å². The van der Waals surface area contributed by atoms with Crippen LogP contribution in [0.3, 0.4) is 0 Å². The Labute approximate surface area is 217 Å². The van der Waals surface area contributed by atoms with Crippen LogP contribution in [0, 0.1) is 0 Å². The Morgan fingerprint density at radius 2 is 1.79 bits per heavy atom. The van der Waals surface area contributed by atoms with E-state index in [1.165, 1.54) is 13.2 Å². The van der Waals surface area contributed by atoms with E-state index in [1.807, 2.05) is 31.6 Å². The third-order valence-corrected chi connectivity index (χ3v) is 6.16. The molecule has 2 amide bonds. The Morgan fingerprint density at radius 1 is 1.08 bits per heavy atom. The summed E-state index contributed by atoms with van der Waals surface area (Å²) in [6.07, 6.45) is -0.0742. The number of aromatic nitrogens is 3. The first-order chi connectivity index (χ1) is 17.8. The Morgan fingerprint density at radius 3 is 2.42 bits per heavy atom.